The summed E-state index contributed by atoms with van der Waals surface area (Å²) in [7, 11) is 1.74. The van der Waals surface area contributed by atoms with Gasteiger partial charge in [-0.3, -0.25) is 5.41 Å². The van der Waals surface area contributed by atoms with Crippen LogP contribution in [0.5, 0.6) is 0 Å². The van der Waals surface area contributed by atoms with Crippen LogP contribution in [0.4, 0.5) is 0 Å². The number of hydrogen-bond donors (Lipinski definition) is 2. The smallest absolute Gasteiger partial charge is 0.203 e. The van der Waals surface area contributed by atoms with Crippen LogP contribution < -0.4 is 5.62 Å². The Morgan fingerprint density at radius 3 is 2.45 bits per heavy atom. The third kappa shape index (κ3) is 4.12. The number of nitrogens with zero attached hydrogens (tertiary/aromatic N) is 2. The van der Waals surface area contributed by atoms with Gasteiger partial charge in [-0.2, -0.15) is 0 Å². The first kappa shape index (κ1) is 21.3. The Morgan fingerprint density at radius 2 is 1.67 bits per heavy atom. The minimum Gasteiger partial charge on any atom is -0.383 e. The van der Waals surface area contributed by atoms with E-state index in [1.54, 1.807) is 7.11 Å². The van der Waals surface area contributed by atoms with Crippen molar-refractivity contribution in [2.45, 2.75) is 32.4 Å². The topological polar surface area (TPSA) is 58.7 Å². The Labute approximate surface area is 193 Å². The van der Waals surface area contributed by atoms with Gasteiger partial charge in [-0.15, -0.1) is 0 Å². The molecule has 0 saturated heterocycles. The number of aromatic amines is 1. The molecule has 168 valence electrons. The molecule has 3 aromatic carbocycles. The van der Waals surface area contributed by atoms with Crippen molar-refractivity contribution >= 4 is 21.9 Å². The summed E-state index contributed by atoms with van der Waals surface area (Å²) < 4.78 is 9.90. The second-order valence-corrected chi connectivity index (χ2v) is 8.74. The fourth-order valence-corrected chi connectivity index (χ4v) is 4.83. The number of nitrogens with one attached hydrogen (secondary N) is 2. The van der Waals surface area contributed by atoms with Crippen LogP contribution in [0.3, 0.4) is 0 Å². The molecule has 0 spiro atoms. The number of benzene rings is 3. The summed E-state index contributed by atoms with van der Waals surface area (Å²) in [6, 6.07) is 25.4. The number of methoxy groups -OCH3 is 1. The molecule has 0 unspecified atom stereocenters. The van der Waals surface area contributed by atoms with Gasteiger partial charge in [0.1, 0.15) is 0 Å². The van der Waals surface area contributed by atoms with Gasteiger partial charge in [-0.1, -0.05) is 60.2 Å². The lowest BCUT2D eigenvalue weighted by Gasteiger charge is -2.19. The highest BCUT2D eigenvalue weighted by atomic mass is 16.5. The van der Waals surface area contributed by atoms with Crippen LogP contribution in [-0.2, 0) is 24.1 Å². The van der Waals surface area contributed by atoms with Crippen molar-refractivity contribution in [2.24, 2.45) is 0 Å². The maximum absolute atomic E-state index is 9.14. The molecule has 5 rings (SSSR count). The molecule has 2 heterocycles. The van der Waals surface area contributed by atoms with Crippen LogP contribution >= 0.6 is 0 Å². The molecule has 0 aliphatic rings. The Bertz CT molecular complexity index is 1440. The number of para-hydroxylation sites is 3. The van der Waals surface area contributed by atoms with Crippen LogP contribution in [0.2, 0.25) is 0 Å². The van der Waals surface area contributed by atoms with Crippen molar-refractivity contribution in [1.82, 2.24) is 14.1 Å². The van der Waals surface area contributed by atoms with Gasteiger partial charge in [-0.05, 0) is 49.1 Å². The molecule has 0 saturated carbocycles. The second kappa shape index (κ2) is 9.12. The van der Waals surface area contributed by atoms with Gasteiger partial charge in [0.05, 0.1) is 23.7 Å². The first-order valence-corrected chi connectivity index (χ1v) is 11.5. The Hall–Kier alpha value is -3.57. The first-order chi connectivity index (χ1) is 16.2. The van der Waals surface area contributed by atoms with Crippen molar-refractivity contribution in [3.63, 3.8) is 0 Å². The number of imidazole rings is 1. The van der Waals surface area contributed by atoms with Gasteiger partial charge in [-0.25, -0.2) is 0 Å². The molecule has 33 heavy (non-hydrogen) atoms. The lowest BCUT2D eigenvalue weighted by molar-refractivity contribution is 0.154. The molecule has 0 bridgehead atoms. The lowest BCUT2D eigenvalue weighted by Crippen LogP contribution is -2.31. The number of rotatable bonds is 8. The highest BCUT2D eigenvalue weighted by Crippen LogP contribution is 2.23. The lowest BCUT2D eigenvalue weighted by atomic mass is 10.0. The third-order valence-corrected chi connectivity index (χ3v) is 6.51. The molecular formula is C28H30N4O. The molecule has 0 radical (unpaired) electrons. The summed E-state index contributed by atoms with van der Waals surface area (Å²) in [4.78, 5) is 3.37. The Kier molecular flexibility index (Phi) is 5.88. The van der Waals surface area contributed by atoms with Gasteiger partial charge in [0.2, 0.25) is 5.62 Å². The first-order valence-electron chi connectivity index (χ1n) is 11.5. The number of ether oxygens (including phenoxy) is 1. The van der Waals surface area contributed by atoms with Crippen LogP contribution in [0.25, 0.3) is 21.9 Å². The van der Waals surface area contributed by atoms with Gasteiger partial charge in [0.25, 0.3) is 0 Å². The zero-order valence-electron chi connectivity index (χ0n) is 19.2. The Balaban J connectivity index is 1.52. The number of aryl methyl sites for hydroxylation is 3. The fraction of sp³-hybridized carbons (Fsp3) is 0.250. The SMILES string of the molecule is COC[C@H](Cc1ccc(C)cc1)n1c(=N)n(CCc2c[nH]c3ccccc23)c2ccccc21. The van der Waals surface area contributed by atoms with E-state index in [4.69, 9.17) is 10.1 Å². The van der Waals surface area contributed by atoms with Crippen molar-refractivity contribution in [3.05, 3.63) is 101 Å². The average Bonchev–Trinajstić information content (AvgIpc) is 3.37. The summed E-state index contributed by atoms with van der Waals surface area (Å²) in [5.74, 6) is 0. The van der Waals surface area contributed by atoms with Crippen molar-refractivity contribution < 1.29 is 4.74 Å². The molecular weight excluding hydrogens is 408 g/mol. The number of H-pyrrole nitrogens is 1. The zero-order valence-corrected chi connectivity index (χ0v) is 19.2. The van der Waals surface area contributed by atoms with Gasteiger partial charge in [0.15, 0.2) is 0 Å². The van der Waals surface area contributed by atoms with Gasteiger partial charge >= 0.3 is 0 Å². The van der Waals surface area contributed by atoms with Crippen molar-refractivity contribution in [1.29, 1.82) is 5.41 Å². The Morgan fingerprint density at radius 1 is 0.939 bits per heavy atom. The standard InChI is InChI=1S/C28H30N4O/c1-20-11-13-21(14-12-20)17-23(19-33-2)32-27-10-6-5-9-26(27)31(28(32)29)16-15-22-18-30-25-8-4-3-7-24(22)25/h3-14,18,23,29-30H,15-17,19H2,1-2H3/t23-/m0/s1. The predicted octanol–water partition coefficient (Wildman–Crippen LogP) is 5.38. The van der Waals surface area contributed by atoms with E-state index in [0.29, 0.717) is 12.2 Å². The van der Waals surface area contributed by atoms with E-state index in [1.165, 1.54) is 22.1 Å². The molecule has 0 aliphatic heterocycles. The largest absolute Gasteiger partial charge is 0.383 e. The molecule has 2 aromatic heterocycles. The highest BCUT2D eigenvalue weighted by Gasteiger charge is 2.19. The molecule has 5 aromatic rings. The summed E-state index contributed by atoms with van der Waals surface area (Å²) in [6.07, 6.45) is 3.78. The van der Waals surface area contributed by atoms with E-state index in [-0.39, 0.29) is 6.04 Å². The number of fused-ring (bicyclic) bond motifs is 2. The van der Waals surface area contributed by atoms with E-state index in [0.717, 1.165) is 35.9 Å². The van der Waals surface area contributed by atoms with E-state index >= 15 is 0 Å². The molecule has 5 nitrogen and oxygen atoms in total. The normalized spacial score (nSPS) is 12.5. The minimum atomic E-state index is 0.0458. The fourth-order valence-electron chi connectivity index (χ4n) is 4.83. The van der Waals surface area contributed by atoms with Crippen LogP contribution in [0.1, 0.15) is 22.7 Å². The van der Waals surface area contributed by atoms with Gasteiger partial charge < -0.3 is 18.9 Å². The summed E-state index contributed by atoms with van der Waals surface area (Å²) >= 11 is 0. The van der Waals surface area contributed by atoms with Crippen LogP contribution in [0, 0.1) is 12.3 Å². The summed E-state index contributed by atoms with van der Waals surface area (Å²) in [5.41, 5.74) is 7.63. The third-order valence-electron chi connectivity index (χ3n) is 6.51. The quantitative estimate of drug-likeness (QED) is 0.335. The average molecular weight is 439 g/mol. The van der Waals surface area contributed by atoms with Crippen LogP contribution in [0.15, 0.2) is 79.0 Å². The van der Waals surface area contributed by atoms with Gasteiger partial charge in [0, 0.05) is 30.8 Å². The summed E-state index contributed by atoms with van der Waals surface area (Å²) in [6.45, 7) is 3.41. The van der Waals surface area contributed by atoms with E-state index in [9.17, 15) is 0 Å². The molecule has 0 fully saturated rings. The van der Waals surface area contributed by atoms with E-state index in [1.807, 2.05) is 0 Å². The minimum absolute atomic E-state index is 0.0458. The molecule has 2 N–H and O–H groups in total. The second-order valence-electron chi connectivity index (χ2n) is 8.74. The number of aromatic nitrogens is 3. The van der Waals surface area contributed by atoms with Crippen molar-refractivity contribution in [3.8, 4) is 0 Å². The van der Waals surface area contributed by atoms with Crippen LogP contribution in [-0.4, -0.2) is 27.8 Å². The zero-order chi connectivity index (χ0) is 22.8. The molecule has 0 amide bonds. The maximum Gasteiger partial charge on any atom is 0.203 e. The molecule has 1 atom stereocenters. The maximum atomic E-state index is 9.14. The molecule has 0 aliphatic carbocycles. The predicted molar refractivity (Wildman–Crippen MR) is 134 cm³/mol. The number of hydrogen-bond acceptors (Lipinski definition) is 2. The van der Waals surface area contributed by atoms with E-state index < -0.39 is 0 Å². The highest BCUT2D eigenvalue weighted by molar-refractivity contribution is 5.83. The monoisotopic (exact) mass is 438 g/mol. The van der Waals surface area contributed by atoms with Crippen molar-refractivity contribution in [2.75, 3.05) is 13.7 Å². The summed E-state index contributed by atoms with van der Waals surface area (Å²) in [5, 5.41) is 10.4. The molecule has 5 heteroatoms. The van der Waals surface area contributed by atoms with E-state index in [2.05, 4.69) is 100 Å².